The monoisotopic (exact) mass is 240 g/mol. The lowest BCUT2D eigenvalue weighted by Gasteiger charge is -2.35. The molecule has 98 valence electrons. The maximum atomic E-state index is 10.8. The molecule has 0 atom stereocenters. The molecule has 2 aliphatic rings. The van der Waals surface area contributed by atoms with Crippen molar-refractivity contribution in [3.05, 3.63) is 0 Å². The van der Waals surface area contributed by atoms with Gasteiger partial charge in [-0.3, -0.25) is 0 Å². The van der Waals surface area contributed by atoms with Crippen molar-refractivity contribution in [1.29, 1.82) is 0 Å². The summed E-state index contributed by atoms with van der Waals surface area (Å²) in [6.45, 7) is 6.32. The number of nitrogens with two attached hydrogens (primary N) is 1. The second-order valence-corrected chi connectivity index (χ2v) is 6.10. The predicted octanol–water partition coefficient (Wildman–Crippen LogP) is 2.12. The SMILES string of the molecule is CC(C)(CC1CCN(C2CC2)CC1)OC(N)=O. The molecule has 1 amide bonds. The highest BCUT2D eigenvalue weighted by Gasteiger charge is 2.34. The fourth-order valence-corrected chi connectivity index (χ4v) is 2.97. The molecule has 2 N–H and O–H groups in total. The van der Waals surface area contributed by atoms with Crippen LogP contribution in [0.5, 0.6) is 0 Å². The molecule has 1 saturated heterocycles. The van der Waals surface area contributed by atoms with Gasteiger partial charge in [-0.05, 0) is 65.0 Å². The molecule has 0 bridgehead atoms. The largest absolute Gasteiger partial charge is 0.444 e. The van der Waals surface area contributed by atoms with E-state index in [1.54, 1.807) is 0 Å². The molecule has 0 spiro atoms. The molecule has 0 aromatic heterocycles. The Morgan fingerprint density at radius 3 is 2.35 bits per heavy atom. The molecule has 2 fully saturated rings. The molecule has 4 heteroatoms. The summed E-state index contributed by atoms with van der Waals surface area (Å²) in [6, 6.07) is 0.880. The minimum atomic E-state index is -0.662. The zero-order chi connectivity index (χ0) is 12.5. The van der Waals surface area contributed by atoms with E-state index in [9.17, 15) is 4.79 Å². The number of carbonyl (C=O) groups is 1. The average Bonchev–Trinajstić information content (AvgIpc) is 2.99. The number of nitrogens with zero attached hydrogens (tertiary/aromatic N) is 1. The van der Waals surface area contributed by atoms with E-state index in [1.165, 1.54) is 38.8 Å². The summed E-state index contributed by atoms with van der Waals surface area (Å²) in [6.07, 6.45) is 5.49. The van der Waals surface area contributed by atoms with Crippen molar-refractivity contribution >= 4 is 6.09 Å². The number of carbonyl (C=O) groups excluding carboxylic acids is 1. The van der Waals surface area contributed by atoms with Crippen LogP contribution in [0, 0.1) is 5.92 Å². The van der Waals surface area contributed by atoms with Crippen molar-refractivity contribution in [1.82, 2.24) is 4.90 Å². The van der Waals surface area contributed by atoms with E-state index < -0.39 is 11.7 Å². The summed E-state index contributed by atoms with van der Waals surface area (Å²) >= 11 is 0. The molecular weight excluding hydrogens is 216 g/mol. The van der Waals surface area contributed by atoms with Crippen LogP contribution in [-0.4, -0.2) is 35.7 Å². The molecule has 1 heterocycles. The smallest absolute Gasteiger partial charge is 0.405 e. The van der Waals surface area contributed by atoms with Gasteiger partial charge in [0.15, 0.2) is 0 Å². The molecular formula is C13H24N2O2. The first kappa shape index (κ1) is 12.7. The lowest BCUT2D eigenvalue weighted by molar-refractivity contribution is 0.0166. The minimum Gasteiger partial charge on any atom is -0.444 e. The van der Waals surface area contributed by atoms with Crippen LogP contribution in [0.4, 0.5) is 4.79 Å². The number of hydrogen-bond donors (Lipinski definition) is 1. The van der Waals surface area contributed by atoms with Crippen LogP contribution >= 0.6 is 0 Å². The molecule has 0 aromatic rings. The van der Waals surface area contributed by atoms with E-state index in [4.69, 9.17) is 10.5 Å². The fraction of sp³-hybridized carbons (Fsp3) is 0.923. The van der Waals surface area contributed by atoms with Crippen molar-refractivity contribution in [2.75, 3.05) is 13.1 Å². The zero-order valence-corrected chi connectivity index (χ0v) is 10.9. The van der Waals surface area contributed by atoms with Crippen molar-refractivity contribution in [2.45, 2.75) is 57.6 Å². The highest BCUT2D eigenvalue weighted by atomic mass is 16.6. The summed E-state index contributed by atoms with van der Waals surface area (Å²) in [5.41, 5.74) is 4.67. The number of likely N-dealkylation sites (tertiary alicyclic amines) is 1. The van der Waals surface area contributed by atoms with E-state index in [0.29, 0.717) is 5.92 Å². The minimum absolute atomic E-state index is 0.418. The summed E-state index contributed by atoms with van der Waals surface area (Å²) in [5.74, 6) is 0.666. The Morgan fingerprint density at radius 1 is 1.29 bits per heavy atom. The number of ether oxygens (including phenoxy) is 1. The molecule has 0 unspecified atom stereocenters. The highest BCUT2D eigenvalue weighted by Crippen LogP contribution is 2.33. The van der Waals surface area contributed by atoms with Crippen LogP contribution in [0.1, 0.15) is 46.0 Å². The third-order valence-electron chi connectivity index (χ3n) is 3.87. The van der Waals surface area contributed by atoms with Crippen LogP contribution in [-0.2, 0) is 4.74 Å². The number of amides is 1. The van der Waals surface area contributed by atoms with Gasteiger partial charge in [0.1, 0.15) is 5.60 Å². The lowest BCUT2D eigenvalue weighted by Crippen LogP contribution is -2.39. The van der Waals surface area contributed by atoms with E-state index in [2.05, 4.69) is 4.90 Å². The van der Waals surface area contributed by atoms with E-state index in [-0.39, 0.29) is 0 Å². The Morgan fingerprint density at radius 2 is 1.88 bits per heavy atom. The summed E-state index contributed by atoms with van der Waals surface area (Å²) in [5, 5.41) is 0. The lowest BCUT2D eigenvalue weighted by atomic mass is 9.86. The maximum absolute atomic E-state index is 10.8. The van der Waals surface area contributed by atoms with Crippen LogP contribution in [0.2, 0.25) is 0 Å². The maximum Gasteiger partial charge on any atom is 0.405 e. The van der Waals surface area contributed by atoms with Gasteiger partial charge in [0, 0.05) is 6.04 Å². The topological polar surface area (TPSA) is 55.6 Å². The zero-order valence-electron chi connectivity index (χ0n) is 10.9. The van der Waals surface area contributed by atoms with Crippen molar-refractivity contribution in [3.63, 3.8) is 0 Å². The van der Waals surface area contributed by atoms with Gasteiger partial charge in [-0.15, -0.1) is 0 Å². The Balaban J connectivity index is 1.74. The quantitative estimate of drug-likeness (QED) is 0.819. The molecule has 4 nitrogen and oxygen atoms in total. The Hall–Kier alpha value is -0.770. The molecule has 1 aliphatic heterocycles. The van der Waals surface area contributed by atoms with E-state index in [0.717, 1.165) is 12.5 Å². The average molecular weight is 240 g/mol. The van der Waals surface area contributed by atoms with E-state index in [1.807, 2.05) is 13.8 Å². The number of piperidine rings is 1. The van der Waals surface area contributed by atoms with Gasteiger partial charge in [0.25, 0.3) is 0 Å². The molecule has 0 aromatic carbocycles. The van der Waals surface area contributed by atoms with Crippen LogP contribution in [0.15, 0.2) is 0 Å². The summed E-state index contributed by atoms with van der Waals surface area (Å²) in [4.78, 5) is 13.4. The molecule has 1 saturated carbocycles. The van der Waals surface area contributed by atoms with Gasteiger partial charge in [-0.2, -0.15) is 0 Å². The normalized spacial score (nSPS) is 23.6. The second kappa shape index (κ2) is 4.84. The number of primary amides is 1. The standard InChI is InChI=1S/C13H24N2O2/c1-13(2,17-12(14)16)9-10-5-7-15(8-6-10)11-3-4-11/h10-11H,3-9H2,1-2H3,(H2,14,16). The van der Waals surface area contributed by atoms with Crippen molar-refractivity contribution in [3.8, 4) is 0 Å². The summed E-state index contributed by atoms with van der Waals surface area (Å²) in [7, 11) is 0. The third kappa shape index (κ3) is 3.87. The first-order valence-corrected chi connectivity index (χ1v) is 6.69. The van der Waals surface area contributed by atoms with Gasteiger partial charge < -0.3 is 15.4 Å². The van der Waals surface area contributed by atoms with E-state index >= 15 is 0 Å². The number of rotatable bonds is 4. The second-order valence-electron chi connectivity index (χ2n) is 6.10. The Kier molecular flexibility index (Phi) is 3.61. The fourth-order valence-electron chi connectivity index (χ4n) is 2.97. The van der Waals surface area contributed by atoms with Crippen LogP contribution < -0.4 is 5.73 Å². The first-order valence-electron chi connectivity index (χ1n) is 6.69. The Bertz CT molecular complexity index is 279. The van der Waals surface area contributed by atoms with Crippen molar-refractivity contribution in [2.24, 2.45) is 11.7 Å². The molecule has 1 aliphatic carbocycles. The van der Waals surface area contributed by atoms with Crippen LogP contribution in [0.3, 0.4) is 0 Å². The molecule has 17 heavy (non-hydrogen) atoms. The van der Waals surface area contributed by atoms with Crippen molar-refractivity contribution < 1.29 is 9.53 Å². The van der Waals surface area contributed by atoms with Gasteiger partial charge in [-0.25, -0.2) is 4.79 Å². The molecule has 0 radical (unpaired) electrons. The Labute approximate surface area is 103 Å². The van der Waals surface area contributed by atoms with Gasteiger partial charge in [-0.1, -0.05) is 0 Å². The molecule has 2 rings (SSSR count). The number of hydrogen-bond acceptors (Lipinski definition) is 3. The highest BCUT2D eigenvalue weighted by molar-refractivity contribution is 5.65. The van der Waals surface area contributed by atoms with Gasteiger partial charge >= 0.3 is 6.09 Å². The van der Waals surface area contributed by atoms with Gasteiger partial charge in [0.05, 0.1) is 0 Å². The third-order valence-corrected chi connectivity index (χ3v) is 3.87. The van der Waals surface area contributed by atoms with Gasteiger partial charge in [0.2, 0.25) is 0 Å². The summed E-state index contributed by atoms with van der Waals surface area (Å²) < 4.78 is 5.15. The predicted molar refractivity (Wildman–Crippen MR) is 66.7 cm³/mol. The van der Waals surface area contributed by atoms with Crippen LogP contribution in [0.25, 0.3) is 0 Å². The first-order chi connectivity index (χ1) is 7.96.